The number of amides is 1. The number of hydrogen-bond donors (Lipinski definition) is 1. The monoisotopic (exact) mass is 616 g/mol. The lowest BCUT2D eigenvalue weighted by atomic mass is 9.76. The molecule has 4 aromatic carbocycles. The van der Waals surface area contributed by atoms with E-state index in [9.17, 15) is 4.79 Å². The van der Waals surface area contributed by atoms with Gasteiger partial charge in [0.15, 0.2) is 5.82 Å². The molecule has 45 heavy (non-hydrogen) atoms. The number of rotatable bonds is 10. The number of carbonyl (C=O) groups excluding carboxylic acids is 1. The number of nitrogens with zero attached hydrogens (tertiary/aromatic N) is 5. The molecule has 3 heterocycles. The molecular formula is C36H36N6O2S. The smallest absolute Gasteiger partial charge is 0.244 e. The quantitative estimate of drug-likeness (QED) is 0.157. The number of nitrogens with one attached hydrogen (secondary N) is 1. The minimum absolute atomic E-state index is 0.0471. The standard InChI is InChI=1S/C36H36N6O2S/c1-4-44-29-22-20-25(21-23-29)24-41-32(38-39-40-41)31-35(2,3)45-34-30(33(43)42(31)34)37-36(26-14-8-5-9-15-26,27-16-10-6-11-17-27)28-18-12-7-13-19-28/h5-23,30-31,34,37H,4,24H2,1-3H3/t30?,31?,34-/m1/s1. The summed E-state index contributed by atoms with van der Waals surface area (Å²) in [5, 5.41) is 16.7. The minimum Gasteiger partial charge on any atom is -0.494 e. The van der Waals surface area contributed by atoms with E-state index in [0.717, 1.165) is 28.0 Å². The fraction of sp³-hybridized carbons (Fsp3) is 0.278. The van der Waals surface area contributed by atoms with Gasteiger partial charge in [-0.2, -0.15) is 0 Å². The topological polar surface area (TPSA) is 85.2 Å². The van der Waals surface area contributed by atoms with Gasteiger partial charge >= 0.3 is 0 Å². The summed E-state index contributed by atoms with van der Waals surface area (Å²) in [4.78, 5) is 16.3. The molecule has 8 nitrogen and oxygen atoms in total. The van der Waals surface area contributed by atoms with Gasteiger partial charge in [-0.25, -0.2) is 4.68 Å². The summed E-state index contributed by atoms with van der Waals surface area (Å²) in [6, 6.07) is 38.5. The first-order valence-electron chi connectivity index (χ1n) is 15.3. The first-order chi connectivity index (χ1) is 21.9. The van der Waals surface area contributed by atoms with Crippen LogP contribution in [0.25, 0.3) is 0 Å². The molecule has 2 aliphatic rings. The maximum atomic E-state index is 14.3. The van der Waals surface area contributed by atoms with Crippen molar-refractivity contribution >= 4 is 17.7 Å². The van der Waals surface area contributed by atoms with Crippen LogP contribution in [0.2, 0.25) is 0 Å². The molecule has 1 amide bonds. The fourth-order valence-electron chi connectivity index (χ4n) is 6.76. The molecule has 2 fully saturated rings. The van der Waals surface area contributed by atoms with Crippen LogP contribution in [-0.4, -0.2) is 53.8 Å². The molecule has 0 spiro atoms. The van der Waals surface area contributed by atoms with E-state index in [4.69, 9.17) is 4.74 Å². The second-order valence-corrected chi connectivity index (χ2v) is 13.8. The fourth-order valence-corrected chi connectivity index (χ4v) is 8.39. The highest BCUT2D eigenvalue weighted by Gasteiger charge is 2.64. The second kappa shape index (κ2) is 11.8. The van der Waals surface area contributed by atoms with Crippen molar-refractivity contribution in [2.75, 3.05) is 6.61 Å². The predicted octanol–water partition coefficient (Wildman–Crippen LogP) is 5.81. The van der Waals surface area contributed by atoms with Crippen LogP contribution in [0.3, 0.4) is 0 Å². The average molecular weight is 617 g/mol. The highest BCUT2D eigenvalue weighted by Crippen LogP contribution is 2.57. The Kier molecular flexibility index (Phi) is 7.67. The molecule has 0 bridgehead atoms. The summed E-state index contributed by atoms with van der Waals surface area (Å²) >= 11 is 1.80. The number of ether oxygens (including phenoxy) is 1. The van der Waals surface area contributed by atoms with Crippen LogP contribution in [-0.2, 0) is 16.9 Å². The van der Waals surface area contributed by atoms with Crippen molar-refractivity contribution in [1.82, 2.24) is 30.4 Å². The SMILES string of the molecule is CCOc1ccc(Cn2nnnc2C2N3C(=O)C(NC(c4ccccc4)(c4ccccc4)c4ccccc4)[C@H]3SC2(C)C)cc1. The summed E-state index contributed by atoms with van der Waals surface area (Å²) < 4.78 is 7.10. The lowest BCUT2D eigenvalue weighted by molar-refractivity contribution is -0.150. The van der Waals surface area contributed by atoms with E-state index in [1.807, 2.05) is 59.0 Å². The number of thioether (sulfide) groups is 1. The van der Waals surface area contributed by atoms with Gasteiger partial charge in [0.05, 0.1) is 18.7 Å². The van der Waals surface area contributed by atoms with Crippen LogP contribution >= 0.6 is 11.8 Å². The molecule has 7 rings (SSSR count). The molecular weight excluding hydrogens is 581 g/mol. The largest absolute Gasteiger partial charge is 0.494 e. The zero-order valence-corrected chi connectivity index (χ0v) is 26.4. The molecule has 2 saturated heterocycles. The highest BCUT2D eigenvalue weighted by atomic mass is 32.2. The van der Waals surface area contributed by atoms with E-state index in [2.05, 4.69) is 107 Å². The summed E-state index contributed by atoms with van der Waals surface area (Å²) in [5.41, 5.74) is 3.54. The Balaban J connectivity index is 1.23. The molecule has 0 saturated carbocycles. The summed E-state index contributed by atoms with van der Waals surface area (Å²) in [5.74, 6) is 1.57. The van der Waals surface area contributed by atoms with Gasteiger partial charge < -0.3 is 9.64 Å². The molecule has 5 aromatic rings. The van der Waals surface area contributed by atoms with E-state index in [1.165, 1.54) is 0 Å². The Hall–Kier alpha value is -4.47. The van der Waals surface area contributed by atoms with E-state index < -0.39 is 11.6 Å². The van der Waals surface area contributed by atoms with Gasteiger partial charge in [0.2, 0.25) is 5.91 Å². The maximum absolute atomic E-state index is 14.3. The van der Waals surface area contributed by atoms with Gasteiger partial charge in [-0.05, 0) is 65.6 Å². The zero-order valence-electron chi connectivity index (χ0n) is 25.6. The number of β-lactam (4-membered cyclic amide) rings is 1. The van der Waals surface area contributed by atoms with Crippen LogP contribution in [0.5, 0.6) is 5.75 Å². The Labute approximate surface area is 267 Å². The minimum atomic E-state index is -0.742. The molecule has 1 aromatic heterocycles. The number of aromatic nitrogens is 4. The van der Waals surface area contributed by atoms with Gasteiger partial charge in [0, 0.05) is 4.75 Å². The lowest BCUT2D eigenvalue weighted by Crippen LogP contribution is -2.70. The van der Waals surface area contributed by atoms with Gasteiger partial charge in [0.25, 0.3) is 0 Å². The van der Waals surface area contributed by atoms with Crippen molar-refractivity contribution in [3.05, 3.63) is 143 Å². The van der Waals surface area contributed by atoms with Crippen molar-refractivity contribution < 1.29 is 9.53 Å². The van der Waals surface area contributed by atoms with Gasteiger partial charge in [0.1, 0.15) is 23.2 Å². The summed E-state index contributed by atoms with van der Waals surface area (Å²) in [6.45, 7) is 7.45. The normalized spacial score (nSPS) is 20.5. The van der Waals surface area contributed by atoms with Crippen molar-refractivity contribution in [3.8, 4) is 5.75 Å². The Morgan fingerprint density at radius 2 is 1.40 bits per heavy atom. The molecule has 1 N–H and O–H groups in total. The Bertz CT molecular complexity index is 1670. The first kappa shape index (κ1) is 29.3. The van der Waals surface area contributed by atoms with E-state index >= 15 is 0 Å². The average Bonchev–Trinajstić information content (AvgIpc) is 3.62. The molecule has 9 heteroatoms. The van der Waals surface area contributed by atoms with Crippen molar-refractivity contribution in [2.45, 2.75) is 55.1 Å². The first-order valence-corrected chi connectivity index (χ1v) is 16.2. The number of fused-ring (bicyclic) bond motifs is 1. The van der Waals surface area contributed by atoms with Gasteiger partial charge in [-0.1, -0.05) is 103 Å². The molecule has 3 atom stereocenters. The molecule has 0 radical (unpaired) electrons. The van der Waals surface area contributed by atoms with Crippen molar-refractivity contribution in [2.24, 2.45) is 0 Å². The van der Waals surface area contributed by atoms with Crippen molar-refractivity contribution in [3.63, 3.8) is 0 Å². The molecule has 0 aliphatic carbocycles. The van der Waals surface area contributed by atoms with Gasteiger partial charge in [-0.3, -0.25) is 10.1 Å². The zero-order chi connectivity index (χ0) is 31.0. The van der Waals surface area contributed by atoms with Crippen LogP contribution in [0.1, 0.15) is 54.9 Å². The second-order valence-electron chi connectivity index (χ2n) is 12.0. The Morgan fingerprint density at radius 1 is 0.844 bits per heavy atom. The van der Waals surface area contributed by atoms with Crippen molar-refractivity contribution in [1.29, 1.82) is 0 Å². The van der Waals surface area contributed by atoms with E-state index in [1.54, 1.807) is 11.8 Å². The van der Waals surface area contributed by atoms with Gasteiger partial charge in [-0.15, -0.1) is 16.9 Å². The third kappa shape index (κ3) is 5.10. The molecule has 2 unspecified atom stereocenters. The maximum Gasteiger partial charge on any atom is 0.244 e. The number of tetrazole rings is 1. The van der Waals surface area contributed by atoms with E-state index in [0.29, 0.717) is 19.0 Å². The predicted molar refractivity (Wildman–Crippen MR) is 176 cm³/mol. The number of carbonyl (C=O) groups is 1. The lowest BCUT2D eigenvalue weighted by Gasteiger charge is -2.49. The molecule has 228 valence electrons. The number of benzene rings is 4. The van der Waals surface area contributed by atoms with Crippen LogP contribution in [0.4, 0.5) is 0 Å². The van der Waals surface area contributed by atoms with E-state index in [-0.39, 0.29) is 22.1 Å². The Morgan fingerprint density at radius 3 is 1.93 bits per heavy atom. The molecule has 2 aliphatic heterocycles. The summed E-state index contributed by atoms with van der Waals surface area (Å²) in [7, 11) is 0. The third-order valence-corrected chi connectivity index (χ3v) is 10.4. The van der Waals surface area contributed by atoms with Crippen LogP contribution in [0, 0.1) is 0 Å². The van der Waals surface area contributed by atoms with Crippen LogP contribution < -0.4 is 10.1 Å². The number of hydrogen-bond acceptors (Lipinski definition) is 7. The van der Waals surface area contributed by atoms with Crippen LogP contribution in [0.15, 0.2) is 115 Å². The third-order valence-electron chi connectivity index (χ3n) is 8.80. The highest BCUT2D eigenvalue weighted by molar-refractivity contribution is 8.01. The summed E-state index contributed by atoms with van der Waals surface area (Å²) in [6.07, 6.45) is 0.